The van der Waals surface area contributed by atoms with Crippen molar-refractivity contribution >= 4 is 18.3 Å². The summed E-state index contributed by atoms with van der Waals surface area (Å²) in [5.41, 5.74) is 7.36. The van der Waals surface area contributed by atoms with Gasteiger partial charge < -0.3 is 15.2 Å². The molecule has 0 unspecified atom stereocenters. The van der Waals surface area contributed by atoms with Crippen LogP contribution in [0.1, 0.15) is 41.4 Å². The Morgan fingerprint density at radius 2 is 1.96 bits per heavy atom. The van der Waals surface area contributed by atoms with Crippen molar-refractivity contribution in [1.82, 2.24) is 15.0 Å². The average Bonchev–Trinajstić information content (AvgIpc) is 3.11. The Balaban J connectivity index is 0.00000156. The van der Waals surface area contributed by atoms with Crippen LogP contribution in [0.15, 0.2) is 28.8 Å². The van der Waals surface area contributed by atoms with Gasteiger partial charge in [-0.1, -0.05) is 5.16 Å². The van der Waals surface area contributed by atoms with Gasteiger partial charge >= 0.3 is 0 Å². The lowest BCUT2D eigenvalue weighted by Crippen LogP contribution is -2.31. The van der Waals surface area contributed by atoms with Crippen molar-refractivity contribution in [2.24, 2.45) is 5.73 Å². The molecule has 1 saturated heterocycles. The van der Waals surface area contributed by atoms with Gasteiger partial charge in [0.15, 0.2) is 5.82 Å². The van der Waals surface area contributed by atoms with Crippen LogP contribution in [-0.2, 0) is 0 Å². The number of carbonyl (C=O) groups excluding carboxylic acids is 1. The molecule has 2 heterocycles. The van der Waals surface area contributed by atoms with Crippen LogP contribution in [0.25, 0.3) is 11.5 Å². The summed E-state index contributed by atoms with van der Waals surface area (Å²) in [6, 6.07) is 7.42. The van der Waals surface area contributed by atoms with Crippen LogP contribution in [0.5, 0.6) is 0 Å². The van der Waals surface area contributed by atoms with E-state index in [0.717, 1.165) is 37.2 Å². The third-order valence-electron chi connectivity index (χ3n) is 4.27. The molecule has 0 bridgehead atoms. The number of rotatable bonds is 3. The number of nitrogens with zero attached hydrogens (tertiary/aromatic N) is 3. The van der Waals surface area contributed by atoms with Crippen molar-refractivity contribution in [3.8, 4) is 11.5 Å². The van der Waals surface area contributed by atoms with Crippen LogP contribution in [0, 0.1) is 0 Å². The van der Waals surface area contributed by atoms with Gasteiger partial charge in [0.1, 0.15) is 0 Å². The Labute approximate surface area is 140 Å². The molecule has 1 atom stereocenters. The second kappa shape index (κ2) is 6.29. The molecule has 1 saturated carbocycles. The largest absolute Gasteiger partial charge is 0.337 e. The minimum Gasteiger partial charge on any atom is -0.337 e. The number of likely N-dealkylation sites (tertiary alicyclic amines) is 1. The van der Waals surface area contributed by atoms with Gasteiger partial charge in [-0.25, -0.2) is 0 Å². The van der Waals surface area contributed by atoms with E-state index < -0.39 is 0 Å². The molecule has 4 rings (SSSR count). The van der Waals surface area contributed by atoms with Crippen LogP contribution >= 0.6 is 12.4 Å². The van der Waals surface area contributed by atoms with E-state index in [0.29, 0.717) is 23.9 Å². The minimum absolute atomic E-state index is 0. The molecule has 2 aromatic rings. The van der Waals surface area contributed by atoms with Gasteiger partial charge in [-0.3, -0.25) is 4.79 Å². The highest BCUT2D eigenvalue weighted by Crippen LogP contribution is 2.38. The van der Waals surface area contributed by atoms with Crippen molar-refractivity contribution in [2.75, 3.05) is 13.1 Å². The number of hydrogen-bond acceptors (Lipinski definition) is 5. The average molecular weight is 335 g/mol. The third kappa shape index (κ3) is 3.23. The van der Waals surface area contributed by atoms with E-state index in [2.05, 4.69) is 10.1 Å². The fourth-order valence-electron chi connectivity index (χ4n) is 2.77. The van der Waals surface area contributed by atoms with Crippen molar-refractivity contribution in [2.45, 2.75) is 31.2 Å². The van der Waals surface area contributed by atoms with Crippen molar-refractivity contribution in [3.05, 3.63) is 35.7 Å². The highest BCUT2D eigenvalue weighted by atomic mass is 35.5. The number of benzene rings is 1. The van der Waals surface area contributed by atoms with Crippen LogP contribution in [0.3, 0.4) is 0 Å². The molecule has 0 spiro atoms. The molecule has 1 aliphatic carbocycles. The first-order chi connectivity index (χ1) is 10.7. The molecule has 1 aromatic carbocycles. The first-order valence-electron chi connectivity index (χ1n) is 7.69. The summed E-state index contributed by atoms with van der Waals surface area (Å²) in [6.07, 6.45) is 3.16. The van der Waals surface area contributed by atoms with Gasteiger partial charge in [0, 0.05) is 36.2 Å². The maximum Gasteiger partial charge on any atom is 0.257 e. The Morgan fingerprint density at radius 1 is 1.22 bits per heavy atom. The van der Waals surface area contributed by atoms with E-state index in [-0.39, 0.29) is 24.4 Å². The molecular formula is C16H19ClN4O2. The Kier molecular flexibility index (Phi) is 4.37. The molecule has 122 valence electrons. The normalized spacial score (nSPS) is 20.4. The first-order valence-corrected chi connectivity index (χ1v) is 7.69. The van der Waals surface area contributed by atoms with Crippen molar-refractivity contribution in [3.63, 3.8) is 0 Å². The summed E-state index contributed by atoms with van der Waals surface area (Å²) in [4.78, 5) is 18.6. The van der Waals surface area contributed by atoms with E-state index in [9.17, 15) is 4.79 Å². The fourth-order valence-corrected chi connectivity index (χ4v) is 2.77. The predicted molar refractivity (Wildman–Crippen MR) is 87.5 cm³/mol. The predicted octanol–water partition coefficient (Wildman–Crippen LogP) is 2.21. The summed E-state index contributed by atoms with van der Waals surface area (Å²) < 4.78 is 5.29. The highest BCUT2D eigenvalue weighted by Gasteiger charge is 2.29. The van der Waals surface area contributed by atoms with Gasteiger partial charge in [0.05, 0.1) is 0 Å². The summed E-state index contributed by atoms with van der Waals surface area (Å²) in [5.74, 6) is 1.81. The number of aromatic nitrogens is 2. The smallest absolute Gasteiger partial charge is 0.257 e. The van der Waals surface area contributed by atoms with Crippen LogP contribution in [0.4, 0.5) is 0 Å². The zero-order valence-corrected chi connectivity index (χ0v) is 13.5. The molecule has 1 aliphatic heterocycles. The molecule has 0 radical (unpaired) electrons. The molecule has 6 nitrogen and oxygen atoms in total. The molecule has 7 heteroatoms. The lowest BCUT2D eigenvalue weighted by atomic mass is 10.1. The Bertz CT molecular complexity index is 696. The minimum atomic E-state index is 0. The van der Waals surface area contributed by atoms with E-state index in [4.69, 9.17) is 10.3 Å². The number of nitrogens with two attached hydrogens (primary N) is 1. The molecule has 2 N–H and O–H groups in total. The lowest BCUT2D eigenvalue weighted by Gasteiger charge is -2.15. The Morgan fingerprint density at radius 3 is 2.57 bits per heavy atom. The van der Waals surface area contributed by atoms with E-state index >= 15 is 0 Å². The highest BCUT2D eigenvalue weighted by molar-refractivity contribution is 5.94. The van der Waals surface area contributed by atoms with E-state index in [1.807, 2.05) is 24.3 Å². The summed E-state index contributed by atoms with van der Waals surface area (Å²) in [7, 11) is 0. The number of hydrogen-bond donors (Lipinski definition) is 1. The van der Waals surface area contributed by atoms with E-state index in [1.54, 1.807) is 4.90 Å². The Hall–Kier alpha value is -1.92. The van der Waals surface area contributed by atoms with Gasteiger partial charge in [-0.2, -0.15) is 4.98 Å². The fraction of sp³-hybridized carbons (Fsp3) is 0.438. The summed E-state index contributed by atoms with van der Waals surface area (Å²) in [5, 5.41) is 4.01. The zero-order chi connectivity index (χ0) is 15.1. The number of amides is 1. The van der Waals surface area contributed by atoms with Crippen LogP contribution in [0.2, 0.25) is 0 Å². The lowest BCUT2D eigenvalue weighted by molar-refractivity contribution is 0.0791. The maximum atomic E-state index is 12.4. The molecule has 23 heavy (non-hydrogen) atoms. The van der Waals surface area contributed by atoms with Crippen LogP contribution in [-0.4, -0.2) is 40.1 Å². The standard InChI is InChI=1S/C16H18N4O2.ClH/c17-13-7-8-20(9-13)16(21)12-5-3-11(4-6-12)15-18-14(19-22-15)10-1-2-10;/h3-6,10,13H,1-2,7-9,17H2;1H/t13-;/m0./s1. The van der Waals surface area contributed by atoms with Gasteiger partial charge in [-0.15, -0.1) is 12.4 Å². The van der Waals surface area contributed by atoms with Gasteiger partial charge in [0.2, 0.25) is 0 Å². The zero-order valence-electron chi connectivity index (χ0n) is 12.6. The monoisotopic (exact) mass is 334 g/mol. The van der Waals surface area contributed by atoms with Crippen molar-refractivity contribution < 1.29 is 9.32 Å². The summed E-state index contributed by atoms with van der Waals surface area (Å²) in [6.45, 7) is 1.37. The van der Waals surface area contributed by atoms with Crippen molar-refractivity contribution in [1.29, 1.82) is 0 Å². The maximum absolute atomic E-state index is 12.4. The second-order valence-electron chi connectivity index (χ2n) is 6.11. The van der Waals surface area contributed by atoms with Gasteiger partial charge in [0.25, 0.3) is 11.8 Å². The number of halogens is 1. The van der Waals surface area contributed by atoms with Crippen LogP contribution < -0.4 is 5.73 Å². The molecular weight excluding hydrogens is 316 g/mol. The molecule has 2 aliphatic rings. The SMILES string of the molecule is Cl.N[C@H]1CCN(C(=O)c2ccc(-c3nc(C4CC4)no3)cc2)C1. The third-order valence-corrected chi connectivity index (χ3v) is 4.27. The number of carbonyl (C=O) groups is 1. The molecule has 1 aromatic heterocycles. The quantitative estimate of drug-likeness (QED) is 0.930. The molecule has 1 amide bonds. The second-order valence-corrected chi connectivity index (χ2v) is 6.11. The first kappa shape index (κ1) is 16.0. The van der Waals surface area contributed by atoms with Gasteiger partial charge in [-0.05, 0) is 43.5 Å². The summed E-state index contributed by atoms with van der Waals surface area (Å²) >= 11 is 0. The molecule has 2 fully saturated rings. The topological polar surface area (TPSA) is 85.2 Å². The van der Waals surface area contributed by atoms with E-state index in [1.165, 1.54) is 0 Å².